The van der Waals surface area contributed by atoms with Crippen LogP contribution in [0.3, 0.4) is 0 Å². The van der Waals surface area contributed by atoms with E-state index in [-0.39, 0.29) is 18.6 Å². The van der Waals surface area contributed by atoms with Crippen molar-refractivity contribution in [2.24, 2.45) is 5.92 Å². The Hall–Kier alpha value is -2.20. The van der Waals surface area contributed by atoms with Crippen molar-refractivity contribution in [1.29, 1.82) is 0 Å². The summed E-state index contributed by atoms with van der Waals surface area (Å²) in [6.07, 6.45) is 2.56. The van der Waals surface area contributed by atoms with Gasteiger partial charge in [0.1, 0.15) is 5.75 Å². The Kier molecular flexibility index (Phi) is 6.62. The second kappa shape index (κ2) is 9.14. The van der Waals surface area contributed by atoms with Crippen molar-refractivity contribution in [3.8, 4) is 5.75 Å². The number of piperidine rings is 1. The molecule has 1 aliphatic heterocycles. The van der Waals surface area contributed by atoms with Crippen LogP contribution in [0.1, 0.15) is 38.3 Å². The minimum atomic E-state index is -0.170. The Labute approximate surface area is 166 Å². The van der Waals surface area contributed by atoms with E-state index in [9.17, 15) is 4.79 Å². The van der Waals surface area contributed by atoms with Crippen LogP contribution in [0.2, 0.25) is 5.02 Å². The third-order valence-corrected chi connectivity index (χ3v) is 5.30. The SMILES string of the molecule is C[C@H]1CCCN(c2ccc([C@@H](C)NC(=O)COc3ccccc3Cl)cc2)C1. The van der Waals surface area contributed by atoms with Gasteiger partial charge in [0.15, 0.2) is 6.61 Å². The molecule has 0 saturated carbocycles. The van der Waals surface area contributed by atoms with E-state index in [2.05, 4.69) is 41.4 Å². The van der Waals surface area contributed by atoms with E-state index in [1.807, 2.05) is 19.1 Å². The van der Waals surface area contributed by atoms with E-state index < -0.39 is 0 Å². The fourth-order valence-electron chi connectivity index (χ4n) is 3.47. The van der Waals surface area contributed by atoms with Gasteiger partial charge in [-0.2, -0.15) is 0 Å². The van der Waals surface area contributed by atoms with Crippen LogP contribution in [0.4, 0.5) is 5.69 Å². The number of nitrogens with zero attached hydrogens (tertiary/aromatic N) is 1. The second-order valence-corrected chi connectivity index (χ2v) is 7.70. The number of ether oxygens (including phenoxy) is 1. The fourth-order valence-corrected chi connectivity index (χ4v) is 3.66. The quantitative estimate of drug-likeness (QED) is 0.772. The molecular weight excluding hydrogens is 360 g/mol. The zero-order valence-electron chi connectivity index (χ0n) is 16.0. The van der Waals surface area contributed by atoms with E-state index >= 15 is 0 Å². The highest BCUT2D eigenvalue weighted by atomic mass is 35.5. The van der Waals surface area contributed by atoms with Gasteiger partial charge in [0.2, 0.25) is 0 Å². The highest BCUT2D eigenvalue weighted by Crippen LogP contribution is 2.25. The number of para-hydroxylation sites is 1. The van der Waals surface area contributed by atoms with Crippen molar-refractivity contribution >= 4 is 23.2 Å². The van der Waals surface area contributed by atoms with E-state index in [1.54, 1.807) is 12.1 Å². The fraction of sp³-hybridized carbons (Fsp3) is 0.409. The molecule has 2 aromatic rings. The van der Waals surface area contributed by atoms with Gasteiger partial charge in [-0.25, -0.2) is 0 Å². The zero-order valence-corrected chi connectivity index (χ0v) is 16.7. The van der Waals surface area contributed by atoms with Crippen LogP contribution in [0.5, 0.6) is 5.75 Å². The predicted octanol–water partition coefficient (Wildman–Crippen LogP) is 4.83. The molecule has 0 bridgehead atoms. The Morgan fingerprint density at radius 3 is 2.70 bits per heavy atom. The van der Waals surface area contributed by atoms with Gasteiger partial charge in [-0.3, -0.25) is 4.79 Å². The van der Waals surface area contributed by atoms with E-state index in [1.165, 1.54) is 18.5 Å². The lowest BCUT2D eigenvalue weighted by atomic mass is 9.99. The lowest BCUT2D eigenvalue weighted by Crippen LogP contribution is -2.34. The van der Waals surface area contributed by atoms with Crippen LogP contribution < -0.4 is 15.0 Å². The molecule has 2 aromatic carbocycles. The first-order chi connectivity index (χ1) is 13.0. The first-order valence-electron chi connectivity index (χ1n) is 9.54. The molecule has 27 heavy (non-hydrogen) atoms. The maximum atomic E-state index is 12.2. The molecule has 0 unspecified atom stereocenters. The molecule has 0 radical (unpaired) electrons. The van der Waals surface area contributed by atoms with Gasteiger partial charge in [0, 0.05) is 18.8 Å². The number of carbonyl (C=O) groups excluding carboxylic acids is 1. The number of anilines is 1. The summed E-state index contributed by atoms with van der Waals surface area (Å²) in [5, 5.41) is 3.47. The van der Waals surface area contributed by atoms with Crippen molar-refractivity contribution in [1.82, 2.24) is 5.32 Å². The first kappa shape index (κ1) is 19.6. The normalized spacial score (nSPS) is 18.0. The number of carbonyl (C=O) groups is 1. The smallest absolute Gasteiger partial charge is 0.258 e. The van der Waals surface area contributed by atoms with Gasteiger partial charge in [-0.05, 0) is 55.5 Å². The molecule has 1 heterocycles. The number of halogens is 1. The van der Waals surface area contributed by atoms with E-state index in [0.29, 0.717) is 10.8 Å². The number of hydrogen-bond donors (Lipinski definition) is 1. The number of hydrogen-bond acceptors (Lipinski definition) is 3. The Balaban J connectivity index is 1.52. The number of nitrogens with one attached hydrogen (secondary N) is 1. The molecule has 144 valence electrons. The number of rotatable bonds is 6. The first-order valence-corrected chi connectivity index (χ1v) is 9.92. The van der Waals surface area contributed by atoms with Gasteiger partial charge in [0.05, 0.1) is 11.1 Å². The van der Waals surface area contributed by atoms with Crippen molar-refractivity contribution in [2.75, 3.05) is 24.6 Å². The van der Waals surface area contributed by atoms with Crippen LogP contribution in [-0.2, 0) is 4.79 Å². The summed E-state index contributed by atoms with van der Waals surface area (Å²) in [6, 6.07) is 15.5. The monoisotopic (exact) mass is 386 g/mol. The van der Waals surface area contributed by atoms with Crippen molar-refractivity contribution < 1.29 is 9.53 Å². The molecule has 0 spiro atoms. The Morgan fingerprint density at radius 1 is 1.26 bits per heavy atom. The van der Waals surface area contributed by atoms with E-state index in [0.717, 1.165) is 24.6 Å². The molecule has 2 atom stereocenters. The molecular formula is C22H27ClN2O2. The molecule has 1 saturated heterocycles. The minimum absolute atomic E-state index is 0.0577. The number of amides is 1. The lowest BCUT2D eigenvalue weighted by molar-refractivity contribution is -0.123. The highest BCUT2D eigenvalue weighted by Gasteiger charge is 2.17. The zero-order chi connectivity index (χ0) is 19.2. The summed E-state index contributed by atoms with van der Waals surface area (Å²) in [4.78, 5) is 14.6. The highest BCUT2D eigenvalue weighted by molar-refractivity contribution is 6.32. The Morgan fingerprint density at radius 2 is 2.00 bits per heavy atom. The molecule has 1 fully saturated rings. The second-order valence-electron chi connectivity index (χ2n) is 7.29. The van der Waals surface area contributed by atoms with Gasteiger partial charge < -0.3 is 15.0 Å². The average Bonchev–Trinajstić information content (AvgIpc) is 2.67. The molecule has 3 rings (SSSR count). The lowest BCUT2D eigenvalue weighted by Gasteiger charge is -2.33. The van der Waals surface area contributed by atoms with Gasteiger partial charge in [-0.15, -0.1) is 0 Å². The van der Waals surface area contributed by atoms with E-state index in [4.69, 9.17) is 16.3 Å². The minimum Gasteiger partial charge on any atom is -0.482 e. The summed E-state index contributed by atoms with van der Waals surface area (Å²) < 4.78 is 5.49. The molecule has 5 heteroatoms. The Bertz CT molecular complexity index is 763. The van der Waals surface area contributed by atoms with Crippen LogP contribution in [0.15, 0.2) is 48.5 Å². The summed E-state index contributed by atoms with van der Waals surface area (Å²) in [6.45, 7) is 6.46. The molecule has 0 aliphatic carbocycles. The summed E-state index contributed by atoms with van der Waals surface area (Å²) in [7, 11) is 0. The molecule has 1 amide bonds. The maximum absolute atomic E-state index is 12.2. The van der Waals surface area contributed by atoms with Crippen LogP contribution in [0.25, 0.3) is 0 Å². The largest absolute Gasteiger partial charge is 0.482 e. The van der Waals surface area contributed by atoms with Crippen molar-refractivity contribution in [3.63, 3.8) is 0 Å². The van der Waals surface area contributed by atoms with Crippen LogP contribution >= 0.6 is 11.6 Å². The summed E-state index contributed by atoms with van der Waals surface area (Å²) >= 11 is 6.04. The van der Waals surface area contributed by atoms with Crippen LogP contribution in [-0.4, -0.2) is 25.6 Å². The molecule has 4 nitrogen and oxygen atoms in total. The van der Waals surface area contributed by atoms with Gasteiger partial charge in [-0.1, -0.05) is 42.8 Å². The number of benzene rings is 2. The standard InChI is InChI=1S/C22H27ClN2O2/c1-16-6-5-13-25(14-16)19-11-9-18(10-12-19)17(2)24-22(26)15-27-21-8-4-3-7-20(21)23/h3-4,7-12,16-17H,5-6,13-15H2,1-2H3,(H,24,26)/t16-,17+/m0/s1. The van der Waals surface area contributed by atoms with Crippen LogP contribution in [0, 0.1) is 5.92 Å². The van der Waals surface area contributed by atoms with Gasteiger partial charge >= 0.3 is 0 Å². The third kappa shape index (κ3) is 5.39. The molecule has 0 aromatic heterocycles. The average molecular weight is 387 g/mol. The molecule has 1 N–H and O–H groups in total. The van der Waals surface area contributed by atoms with Crippen molar-refractivity contribution in [2.45, 2.75) is 32.7 Å². The predicted molar refractivity (Wildman–Crippen MR) is 111 cm³/mol. The summed E-state index contributed by atoms with van der Waals surface area (Å²) in [5.74, 6) is 1.09. The third-order valence-electron chi connectivity index (χ3n) is 4.99. The topological polar surface area (TPSA) is 41.6 Å². The van der Waals surface area contributed by atoms with Gasteiger partial charge in [0.25, 0.3) is 5.91 Å². The molecule has 1 aliphatic rings. The maximum Gasteiger partial charge on any atom is 0.258 e. The van der Waals surface area contributed by atoms with Crippen molar-refractivity contribution in [3.05, 3.63) is 59.1 Å². The summed E-state index contributed by atoms with van der Waals surface area (Å²) in [5.41, 5.74) is 2.33.